The Bertz CT molecular complexity index is 959. The number of carbonyl (C=O) groups is 3. The second-order valence-corrected chi connectivity index (χ2v) is 7.08. The average Bonchev–Trinajstić information content (AvgIpc) is 2.77. The first-order chi connectivity index (χ1) is 14.9. The standard InChI is InChI=1S/C21H24FN5O4/c1-14(28)17-7-6-16(12-23-17)24-20(29)25-18-5-3-4-15(19(18)22)13-26-8-10-27(11-9-26)21(30)31-2/h3-7,12H,8-11,13H2,1-2H3,(H2,24,25,29). The van der Waals surface area contributed by atoms with Gasteiger partial charge in [0.2, 0.25) is 0 Å². The lowest BCUT2D eigenvalue weighted by molar-refractivity contribution is 0.0885. The van der Waals surface area contributed by atoms with Crippen LogP contribution in [0.4, 0.5) is 25.4 Å². The molecule has 0 aliphatic carbocycles. The summed E-state index contributed by atoms with van der Waals surface area (Å²) in [5.41, 5.74) is 1.16. The summed E-state index contributed by atoms with van der Waals surface area (Å²) in [5, 5.41) is 5.05. The van der Waals surface area contributed by atoms with Crippen molar-refractivity contribution in [3.05, 3.63) is 53.6 Å². The van der Waals surface area contributed by atoms with Gasteiger partial charge < -0.3 is 20.3 Å². The van der Waals surface area contributed by atoms with E-state index in [9.17, 15) is 18.8 Å². The first-order valence-corrected chi connectivity index (χ1v) is 9.75. The van der Waals surface area contributed by atoms with Gasteiger partial charge in [0.15, 0.2) is 11.6 Å². The molecule has 31 heavy (non-hydrogen) atoms. The molecular weight excluding hydrogens is 405 g/mol. The summed E-state index contributed by atoms with van der Waals surface area (Å²) in [6, 6.07) is 7.23. The second-order valence-electron chi connectivity index (χ2n) is 7.08. The molecule has 1 aliphatic rings. The SMILES string of the molecule is COC(=O)N1CCN(Cc2cccc(NC(=O)Nc3ccc(C(C)=O)nc3)c2F)CC1. The van der Waals surface area contributed by atoms with Gasteiger partial charge in [-0.05, 0) is 18.2 Å². The van der Waals surface area contributed by atoms with Gasteiger partial charge in [-0.25, -0.2) is 14.0 Å². The van der Waals surface area contributed by atoms with Crippen LogP contribution in [-0.4, -0.2) is 66.0 Å². The minimum Gasteiger partial charge on any atom is -0.453 e. The van der Waals surface area contributed by atoms with Crippen LogP contribution >= 0.6 is 0 Å². The van der Waals surface area contributed by atoms with E-state index in [0.717, 1.165) is 0 Å². The van der Waals surface area contributed by atoms with Crippen molar-refractivity contribution in [2.45, 2.75) is 13.5 Å². The number of anilines is 2. The molecule has 3 amide bonds. The number of benzene rings is 1. The molecule has 0 bridgehead atoms. The molecule has 3 rings (SSSR count). The zero-order valence-electron chi connectivity index (χ0n) is 17.4. The summed E-state index contributed by atoms with van der Waals surface area (Å²) >= 11 is 0. The van der Waals surface area contributed by atoms with Gasteiger partial charge in [0.05, 0.1) is 24.7 Å². The van der Waals surface area contributed by atoms with Crippen LogP contribution in [0.25, 0.3) is 0 Å². The topological polar surface area (TPSA) is 104 Å². The summed E-state index contributed by atoms with van der Waals surface area (Å²) in [4.78, 5) is 42.7. The molecule has 0 atom stereocenters. The Hall–Kier alpha value is -3.53. The molecule has 1 aliphatic heterocycles. The molecule has 0 saturated carbocycles. The number of methoxy groups -OCH3 is 1. The highest BCUT2D eigenvalue weighted by molar-refractivity contribution is 6.00. The maximum atomic E-state index is 14.9. The summed E-state index contributed by atoms with van der Waals surface area (Å²) in [5.74, 6) is -0.695. The van der Waals surface area contributed by atoms with Crippen LogP contribution in [-0.2, 0) is 11.3 Å². The zero-order chi connectivity index (χ0) is 22.4. The maximum Gasteiger partial charge on any atom is 0.409 e. The van der Waals surface area contributed by atoms with Gasteiger partial charge in [0.25, 0.3) is 0 Å². The van der Waals surface area contributed by atoms with Gasteiger partial charge in [0.1, 0.15) is 5.69 Å². The van der Waals surface area contributed by atoms with Crippen molar-refractivity contribution in [1.82, 2.24) is 14.8 Å². The van der Waals surface area contributed by atoms with Crippen LogP contribution in [0.2, 0.25) is 0 Å². The quantitative estimate of drug-likeness (QED) is 0.709. The van der Waals surface area contributed by atoms with Crippen molar-refractivity contribution in [2.24, 2.45) is 0 Å². The normalized spacial score (nSPS) is 14.1. The third-order valence-electron chi connectivity index (χ3n) is 4.91. The Kier molecular flexibility index (Phi) is 7.14. The average molecular weight is 429 g/mol. The summed E-state index contributed by atoms with van der Waals surface area (Å²) < 4.78 is 19.6. The van der Waals surface area contributed by atoms with Gasteiger partial charge in [0, 0.05) is 45.2 Å². The maximum absolute atomic E-state index is 14.9. The lowest BCUT2D eigenvalue weighted by Gasteiger charge is -2.33. The predicted octanol–water partition coefficient (Wildman–Crippen LogP) is 2.95. The van der Waals surface area contributed by atoms with E-state index < -0.39 is 11.8 Å². The lowest BCUT2D eigenvalue weighted by atomic mass is 10.1. The van der Waals surface area contributed by atoms with Crippen molar-refractivity contribution in [3.63, 3.8) is 0 Å². The van der Waals surface area contributed by atoms with Crippen molar-refractivity contribution in [3.8, 4) is 0 Å². The highest BCUT2D eigenvalue weighted by atomic mass is 19.1. The number of hydrogen-bond acceptors (Lipinski definition) is 6. The van der Waals surface area contributed by atoms with Gasteiger partial charge in [-0.2, -0.15) is 0 Å². The van der Waals surface area contributed by atoms with E-state index in [-0.39, 0.29) is 23.3 Å². The number of ketones is 1. The van der Waals surface area contributed by atoms with Crippen molar-refractivity contribution in [2.75, 3.05) is 43.9 Å². The molecule has 2 aromatic rings. The number of nitrogens with one attached hydrogen (secondary N) is 2. The number of aromatic nitrogens is 1. The molecule has 0 spiro atoms. The number of hydrogen-bond donors (Lipinski definition) is 2. The minimum atomic E-state index is -0.625. The predicted molar refractivity (Wildman–Crippen MR) is 113 cm³/mol. The van der Waals surface area contributed by atoms with E-state index >= 15 is 0 Å². The third-order valence-corrected chi connectivity index (χ3v) is 4.91. The molecule has 1 fully saturated rings. The lowest BCUT2D eigenvalue weighted by Crippen LogP contribution is -2.48. The Labute approximate surface area is 179 Å². The van der Waals surface area contributed by atoms with E-state index in [1.54, 1.807) is 23.1 Å². The molecule has 1 aromatic carbocycles. The number of halogens is 1. The fourth-order valence-electron chi connectivity index (χ4n) is 3.22. The van der Waals surface area contributed by atoms with Crippen molar-refractivity contribution in [1.29, 1.82) is 0 Å². The number of urea groups is 1. The van der Waals surface area contributed by atoms with Gasteiger partial charge in [-0.15, -0.1) is 0 Å². The number of nitrogens with zero attached hydrogens (tertiary/aromatic N) is 3. The van der Waals surface area contributed by atoms with Gasteiger partial charge in [-0.3, -0.25) is 14.7 Å². The smallest absolute Gasteiger partial charge is 0.409 e. The molecule has 0 unspecified atom stereocenters. The number of Topliss-reactive ketones (excluding diaryl/α,β-unsaturated/α-hetero) is 1. The largest absolute Gasteiger partial charge is 0.453 e. The molecule has 1 aromatic heterocycles. The Morgan fingerprint density at radius 2 is 1.84 bits per heavy atom. The minimum absolute atomic E-state index is 0.0523. The number of piperazine rings is 1. The number of amides is 3. The van der Waals surface area contributed by atoms with Crippen LogP contribution < -0.4 is 10.6 Å². The molecule has 1 saturated heterocycles. The van der Waals surface area contributed by atoms with Crippen molar-refractivity contribution < 1.29 is 23.5 Å². The first kappa shape index (κ1) is 22.2. The van der Waals surface area contributed by atoms with Gasteiger partial charge >= 0.3 is 12.1 Å². The summed E-state index contributed by atoms with van der Waals surface area (Å²) in [7, 11) is 1.34. The third kappa shape index (κ3) is 5.76. The summed E-state index contributed by atoms with van der Waals surface area (Å²) in [6.45, 7) is 3.95. The van der Waals surface area contributed by atoms with Crippen LogP contribution in [0.5, 0.6) is 0 Å². The Balaban J connectivity index is 1.58. The monoisotopic (exact) mass is 429 g/mol. The number of carbonyl (C=O) groups excluding carboxylic acids is 3. The molecule has 2 heterocycles. The highest BCUT2D eigenvalue weighted by Crippen LogP contribution is 2.21. The number of pyridine rings is 1. The molecule has 10 heteroatoms. The Morgan fingerprint density at radius 1 is 1.10 bits per heavy atom. The molecule has 2 N–H and O–H groups in total. The van der Waals surface area contributed by atoms with Gasteiger partial charge in [-0.1, -0.05) is 12.1 Å². The van der Waals surface area contributed by atoms with E-state index in [1.165, 1.54) is 32.4 Å². The zero-order valence-corrected chi connectivity index (χ0v) is 17.4. The molecular formula is C21H24FN5O4. The van der Waals surface area contributed by atoms with E-state index in [2.05, 4.69) is 15.6 Å². The molecule has 0 radical (unpaired) electrons. The van der Waals surface area contributed by atoms with Crippen LogP contribution in [0, 0.1) is 5.82 Å². The van der Waals surface area contributed by atoms with E-state index in [1.807, 2.05) is 4.90 Å². The van der Waals surface area contributed by atoms with E-state index in [4.69, 9.17) is 4.74 Å². The first-order valence-electron chi connectivity index (χ1n) is 9.75. The Morgan fingerprint density at radius 3 is 2.45 bits per heavy atom. The number of rotatable bonds is 5. The van der Waals surface area contributed by atoms with Crippen LogP contribution in [0.3, 0.4) is 0 Å². The van der Waals surface area contributed by atoms with E-state index in [0.29, 0.717) is 44.0 Å². The van der Waals surface area contributed by atoms with Crippen LogP contribution in [0.15, 0.2) is 36.5 Å². The van der Waals surface area contributed by atoms with Crippen LogP contribution in [0.1, 0.15) is 23.0 Å². The summed E-state index contributed by atoms with van der Waals surface area (Å²) in [6.07, 6.45) is 0.992. The van der Waals surface area contributed by atoms with Crippen molar-refractivity contribution >= 4 is 29.3 Å². The molecule has 9 nitrogen and oxygen atoms in total. The molecule has 164 valence electrons. The number of ether oxygens (including phenoxy) is 1. The highest BCUT2D eigenvalue weighted by Gasteiger charge is 2.22. The second kappa shape index (κ2) is 9.98. The fourth-order valence-corrected chi connectivity index (χ4v) is 3.22. The fraction of sp³-hybridized carbons (Fsp3) is 0.333.